The summed E-state index contributed by atoms with van der Waals surface area (Å²) in [6.45, 7) is 2.77. The SMILES string of the molecule is CN1CCN(c2nc3c(cc2F)c(=O)c(C(=O)O)cn3-c2ccc3ccccc3c2)CC1.CS(=O)(=O)O. The molecule has 3 heterocycles. The van der Waals surface area contributed by atoms with E-state index in [0.717, 1.165) is 29.9 Å². The van der Waals surface area contributed by atoms with Crippen molar-refractivity contribution >= 4 is 43.7 Å². The molecular weight excluding hydrogens is 503 g/mol. The zero-order valence-corrected chi connectivity index (χ0v) is 20.9. The van der Waals surface area contributed by atoms with Gasteiger partial charge in [-0.1, -0.05) is 30.3 Å². The molecule has 0 bridgehead atoms. The van der Waals surface area contributed by atoms with Gasteiger partial charge in [0, 0.05) is 38.1 Å². The molecule has 0 atom stereocenters. The van der Waals surface area contributed by atoms with E-state index in [1.807, 2.05) is 54.4 Å². The molecule has 0 amide bonds. The topological polar surface area (TPSA) is 133 Å². The van der Waals surface area contributed by atoms with E-state index in [-0.39, 0.29) is 16.9 Å². The van der Waals surface area contributed by atoms with Crippen LogP contribution in [0.2, 0.25) is 0 Å². The average Bonchev–Trinajstić information content (AvgIpc) is 2.83. The number of pyridine rings is 2. The summed E-state index contributed by atoms with van der Waals surface area (Å²) < 4.78 is 42.5. The Balaban J connectivity index is 0.000000586. The fourth-order valence-corrected chi connectivity index (χ4v) is 4.13. The molecule has 2 N–H and O–H groups in total. The minimum Gasteiger partial charge on any atom is -0.477 e. The summed E-state index contributed by atoms with van der Waals surface area (Å²) in [5.41, 5.74) is -0.315. The lowest BCUT2D eigenvalue weighted by Gasteiger charge is -2.33. The second-order valence-corrected chi connectivity index (χ2v) is 10.2. The highest BCUT2D eigenvalue weighted by Crippen LogP contribution is 2.26. The zero-order chi connectivity index (χ0) is 26.9. The summed E-state index contributed by atoms with van der Waals surface area (Å²) in [6, 6.07) is 14.5. The van der Waals surface area contributed by atoms with Crippen LogP contribution in [-0.2, 0) is 10.1 Å². The van der Waals surface area contributed by atoms with Gasteiger partial charge in [0.2, 0.25) is 5.43 Å². The minimum absolute atomic E-state index is 0.0616. The van der Waals surface area contributed by atoms with Crippen LogP contribution in [0.5, 0.6) is 0 Å². The van der Waals surface area contributed by atoms with Gasteiger partial charge in [-0.2, -0.15) is 8.42 Å². The average molecular weight is 529 g/mol. The Labute approximate surface area is 211 Å². The van der Waals surface area contributed by atoms with Crippen molar-refractivity contribution in [2.24, 2.45) is 0 Å². The van der Waals surface area contributed by atoms with Crippen LogP contribution >= 0.6 is 0 Å². The highest BCUT2D eigenvalue weighted by molar-refractivity contribution is 7.85. The Morgan fingerprint density at radius 1 is 1.03 bits per heavy atom. The predicted octanol–water partition coefficient (Wildman–Crippen LogP) is 2.63. The Morgan fingerprint density at radius 2 is 1.65 bits per heavy atom. The number of carboxylic acids is 1. The number of rotatable bonds is 3. The van der Waals surface area contributed by atoms with Gasteiger partial charge in [0.05, 0.1) is 11.6 Å². The molecule has 0 spiro atoms. The lowest BCUT2D eigenvalue weighted by molar-refractivity contribution is 0.0695. The number of nitrogens with zero attached hydrogens (tertiary/aromatic N) is 4. The Hall–Kier alpha value is -3.87. The van der Waals surface area contributed by atoms with Gasteiger partial charge in [0.25, 0.3) is 10.1 Å². The first-order valence-electron chi connectivity index (χ1n) is 11.3. The zero-order valence-electron chi connectivity index (χ0n) is 20.1. The van der Waals surface area contributed by atoms with Gasteiger partial charge < -0.3 is 19.5 Å². The van der Waals surface area contributed by atoms with Gasteiger partial charge in [-0.3, -0.25) is 9.35 Å². The Bertz CT molecular complexity index is 1660. The van der Waals surface area contributed by atoms with Crippen molar-refractivity contribution in [3.8, 4) is 5.69 Å². The number of halogens is 1. The molecule has 0 saturated carbocycles. The summed E-state index contributed by atoms with van der Waals surface area (Å²) in [5, 5.41) is 11.5. The van der Waals surface area contributed by atoms with Gasteiger partial charge in [-0.25, -0.2) is 14.2 Å². The number of anilines is 1. The van der Waals surface area contributed by atoms with Crippen molar-refractivity contribution in [1.82, 2.24) is 14.5 Å². The molecule has 1 saturated heterocycles. The van der Waals surface area contributed by atoms with Crippen LogP contribution in [0.15, 0.2) is 59.5 Å². The number of carbonyl (C=O) groups is 1. The first-order valence-corrected chi connectivity index (χ1v) is 13.1. The maximum atomic E-state index is 15.0. The number of aromatic nitrogens is 2. The third kappa shape index (κ3) is 5.93. The number of hydrogen-bond donors (Lipinski definition) is 2. The monoisotopic (exact) mass is 528 g/mol. The van der Waals surface area contributed by atoms with Crippen LogP contribution in [0.4, 0.5) is 10.2 Å². The van der Waals surface area contributed by atoms with Crippen molar-refractivity contribution in [1.29, 1.82) is 0 Å². The Kier molecular flexibility index (Phi) is 7.25. The van der Waals surface area contributed by atoms with Gasteiger partial charge in [-0.15, -0.1) is 0 Å². The lowest BCUT2D eigenvalue weighted by atomic mass is 10.1. The van der Waals surface area contributed by atoms with E-state index in [1.54, 1.807) is 4.57 Å². The van der Waals surface area contributed by atoms with E-state index >= 15 is 4.39 Å². The number of aromatic carboxylic acids is 1. The molecule has 1 aliphatic heterocycles. The summed E-state index contributed by atoms with van der Waals surface area (Å²) in [6.07, 6.45) is 1.99. The number of benzene rings is 2. The third-order valence-electron chi connectivity index (χ3n) is 5.96. The molecule has 0 aliphatic carbocycles. The minimum atomic E-state index is -3.67. The molecular formula is C25H25FN4O6S. The molecule has 194 valence electrons. The number of piperazine rings is 1. The molecule has 1 aliphatic rings. The van der Waals surface area contributed by atoms with Gasteiger partial charge in [0.1, 0.15) is 5.56 Å². The molecule has 4 aromatic rings. The summed E-state index contributed by atoms with van der Waals surface area (Å²) in [7, 11) is -1.66. The summed E-state index contributed by atoms with van der Waals surface area (Å²) in [4.78, 5) is 33.1. The fourth-order valence-electron chi connectivity index (χ4n) is 4.13. The number of likely N-dealkylation sites (N-methyl/N-ethyl adjacent to an activating group) is 1. The largest absolute Gasteiger partial charge is 0.477 e. The maximum absolute atomic E-state index is 15.0. The van der Waals surface area contributed by atoms with Crippen molar-refractivity contribution in [3.05, 3.63) is 76.3 Å². The van der Waals surface area contributed by atoms with Crippen molar-refractivity contribution < 1.29 is 27.3 Å². The molecule has 37 heavy (non-hydrogen) atoms. The first-order chi connectivity index (χ1) is 17.4. The number of hydrogen-bond acceptors (Lipinski definition) is 7. The quantitative estimate of drug-likeness (QED) is 0.385. The van der Waals surface area contributed by atoms with Gasteiger partial charge >= 0.3 is 5.97 Å². The highest BCUT2D eigenvalue weighted by Gasteiger charge is 2.23. The van der Waals surface area contributed by atoms with E-state index in [9.17, 15) is 23.1 Å². The number of fused-ring (bicyclic) bond motifs is 2. The smallest absolute Gasteiger partial charge is 0.341 e. The van der Waals surface area contributed by atoms with Crippen LogP contribution in [0.3, 0.4) is 0 Å². The predicted molar refractivity (Wildman–Crippen MR) is 139 cm³/mol. The van der Waals surface area contributed by atoms with Crippen molar-refractivity contribution in [2.75, 3.05) is 44.4 Å². The normalized spacial score (nSPS) is 14.4. The van der Waals surface area contributed by atoms with Crippen molar-refractivity contribution in [2.45, 2.75) is 0 Å². The second kappa shape index (κ2) is 10.2. The standard InChI is InChI=1S/C24H21FN4O3.CH4O3S/c1-27-8-10-28(11-9-27)23-20(25)13-18-21(30)19(24(31)32)14-29(22(18)26-23)17-7-6-15-4-2-3-5-16(15)12-17;1-5(2,3)4/h2-7,12-14H,8-11H2,1H3,(H,31,32);1H3,(H,2,3,4). The van der Waals surface area contributed by atoms with Crippen LogP contribution in [0, 0.1) is 5.82 Å². The van der Waals surface area contributed by atoms with Crippen LogP contribution in [0.25, 0.3) is 27.5 Å². The lowest BCUT2D eigenvalue weighted by Crippen LogP contribution is -2.45. The summed E-state index contributed by atoms with van der Waals surface area (Å²) in [5.74, 6) is -1.83. The van der Waals surface area contributed by atoms with Crippen LogP contribution < -0.4 is 10.3 Å². The third-order valence-corrected chi connectivity index (χ3v) is 5.96. The second-order valence-electron chi connectivity index (χ2n) is 8.77. The fraction of sp³-hybridized carbons (Fsp3) is 0.240. The molecule has 0 radical (unpaired) electrons. The van der Waals surface area contributed by atoms with Crippen LogP contribution in [-0.4, -0.2) is 78.0 Å². The highest BCUT2D eigenvalue weighted by atomic mass is 32.2. The van der Waals surface area contributed by atoms with E-state index in [1.165, 1.54) is 6.20 Å². The van der Waals surface area contributed by atoms with E-state index in [0.29, 0.717) is 25.0 Å². The molecule has 12 heteroatoms. The molecule has 1 fully saturated rings. The molecule has 2 aromatic heterocycles. The molecule has 0 unspecified atom stereocenters. The van der Waals surface area contributed by atoms with E-state index in [4.69, 9.17) is 4.55 Å². The molecule has 2 aromatic carbocycles. The van der Waals surface area contributed by atoms with Crippen LogP contribution in [0.1, 0.15) is 10.4 Å². The molecule has 10 nitrogen and oxygen atoms in total. The maximum Gasteiger partial charge on any atom is 0.341 e. The van der Waals surface area contributed by atoms with E-state index < -0.39 is 32.9 Å². The van der Waals surface area contributed by atoms with Crippen molar-refractivity contribution in [3.63, 3.8) is 0 Å². The van der Waals surface area contributed by atoms with Gasteiger partial charge in [0.15, 0.2) is 17.3 Å². The number of carboxylic acid groups (broad SMARTS) is 1. The first kappa shape index (κ1) is 26.2. The van der Waals surface area contributed by atoms with Gasteiger partial charge in [-0.05, 0) is 36.0 Å². The van der Waals surface area contributed by atoms with E-state index in [2.05, 4.69) is 9.88 Å². The summed E-state index contributed by atoms with van der Waals surface area (Å²) >= 11 is 0. The molecule has 5 rings (SSSR count). The Morgan fingerprint density at radius 3 is 2.27 bits per heavy atom.